The molecule has 0 radical (unpaired) electrons. The molecule has 68 valence electrons. The molecular formula is C11H14N2. The fourth-order valence-electron chi connectivity index (χ4n) is 1.29. The number of benzene rings is 1. The lowest BCUT2D eigenvalue weighted by Gasteiger charge is -2.06. The van der Waals surface area contributed by atoms with Crippen molar-refractivity contribution in [3.8, 4) is 6.07 Å². The molecule has 2 nitrogen and oxygen atoms in total. The van der Waals surface area contributed by atoms with Gasteiger partial charge in [0, 0.05) is 19.2 Å². The zero-order valence-electron chi connectivity index (χ0n) is 8.09. The molecule has 13 heavy (non-hydrogen) atoms. The lowest BCUT2D eigenvalue weighted by atomic mass is 10.1. The molecule has 0 bridgehead atoms. The van der Waals surface area contributed by atoms with Gasteiger partial charge in [0.15, 0.2) is 0 Å². The Morgan fingerprint density at radius 1 is 1.46 bits per heavy atom. The summed E-state index contributed by atoms with van der Waals surface area (Å²) in [5.41, 5.74) is 3.61. The van der Waals surface area contributed by atoms with Crippen molar-refractivity contribution in [1.82, 2.24) is 0 Å². The van der Waals surface area contributed by atoms with Crippen LogP contribution >= 0.6 is 0 Å². The molecule has 2 heteroatoms. The van der Waals surface area contributed by atoms with Gasteiger partial charge in [-0.25, -0.2) is 0 Å². The maximum Gasteiger partial charge on any atom is 0.0625 e. The van der Waals surface area contributed by atoms with Gasteiger partial charge in [0.25, 0.3) is 0 Å². The number of hydrogen-bond acceptors (Lipinski definition) is 2. The normalized spacial score (nSPS) is 9.31. The van der Waals surface area contributed by atoms with Crippen LogP contribution in [0.25, 0.3) is 0 Å². The molecule has 0 atom stereocenters. The fourth-order valence-corrected chi connectivity index (χ4v) is 1.29. The van der Waals surface area contributed by atoms with E-state index in [1.165, 1.54) is 11.1 Å². The smallest absolute Gasteiger partial charge is 0.0625 e. The van der Waals surface area contributed by atoms with E-state index >= 15 is 0 Å². The SMILES string of the molecule is CNc1cc(CCC#N)ccc1C. The van der Waals surface area contributed by atoms with Gasteiger partial charge in [0.05, 0.1) is 6.07 Å². The number of hydrogen-bond donors (Lipinski definition) is 1. The molecule has 0 aliphatic carbocycles. The van der Waals surface area contributed by atoms with E-state index in [1.807, 2.05) is 7.05 Å². The minimum Gasteiger partial charge on any atom is -0.388 e. The summed E-state index contributed by atoms with van der Waals surface area (Å²) in [7, 11) is 1.91. The van der Waals surface area contributed by atoms with Crippen molar-refractivity contribution in [1.29, 1.82) is 5.26 Å². The van der Waals surface area contributed by atoms with Crippen molar-refractivity contribution in [2.45, 2.75) is 19.8 Å². The third-order valence-corrected chi connectivity index (χ3v) is 2.10. The number of nitrogens with zero attached hydrogens (tertiary/aromatic N) is 1. The minimum absolute atomic E-state index is 0.589. The zero-order valence-corrected chi connectivity index (χ0v) is 8.09. The van der Waals surface area contributed by atoms with Crippen LogP contribution in [0.4, 0.5) is 5.69 Å². The highest BCUT2D eigenvalue weighted by Gasteiger charge is 1.97. The van der Waals surface area contributed by atoms with Crippen LogP contribution in [-0.2, 0) is 6.42 Å². The van der Waals surface area contributed by atoms with Crippen molar-refractivity contribution < 1.29 is 0 Å². The maximum atomic E-state index is 8.44. The second-order valence-corrected chi connectivity index (χ2v) is 3.06. The van der Waals surface area contributed by atoms with E-state index in [1.54, 1.807) is 0 Å². The Labute approximate surface area is 79.2 Å². The van der Waals surface area contributed by atoms with Crippen molar-refractivity contribution in [2.75, 3.05) is 12.4 Å². The molecule has 1 aromatic carbocycles. The Morgan fingerprint density at radius 2 is 2.23 bits per heavy atom. The first-order valence-corrected chi connectivity index (χ1v) is 4.42. The number of nitrogens with one attached hydrogen (secondary N) is 1. The predicted molar refractivity (Wildman–Crippen MR) is 54.7 cm³/mol. The zero-order chi connectivity index (χ0) is 9.68. The molecule has 1 aromatic rings. The second-order valence-electron chi connectivity index (χ2n) is 3.06. The summed E-state index contributed by atoms with van der Waals surface area (Å²) in [4.78, 5) is 0. The molecule has 0 heterocycles. The van der Waals surface area contributed by atoms with Gasteiger partial charge in [-0.3, -0.25) is 0 Å². The molecule has 0 spiro atoms. The van der Waals surface area contributed by atoms with Gasteiger partial charge in [-0.1, -0.05) is 12.1 Å². The predicted octanol–water partition coefficient (Wildman–Crippen LogP) is 2.49. The molecule has 0 amide bonds. The average Bonchev–Trinajstić information content (AvgIpc) is 2.16. The van der Waals surface area contributed by atoms with Crippen molar-refractivity contribution in [3.63, 3.8) is 0 Å². The number of rotatable bonds is 3. The molecule has 0 aromatic heterocycles. The Morgan fingerprint density at radius 3 is 2.85 bits per heavy atom. The van der Waals surface area contributed by atoms with E-state index in [0.717, 1.165) is 12.1 Å². The number of aryl methyl sites for hydroxylation is 2. The van der Waals surface area contributed by atoms with E-state index < -0.39 is 0 Å². The van der Waals surface area contributed by atoms with Crippen LogP contribution in [0.5, 0.6) is 0 Å². The first-order chi connectivity index (χ1) is 6.27. The van der Waals surface area contributed by atoms with Crippen LogP contribution in [0, 0.1) is 18.3 Å². The summed E-state index contributed by atoms with van der Waals surface area (Å²) in [6.07, 6.45) is 1.43. The van der Waals surface area contributed by atoms with Gasteiger partial charge in [-0.05, 0) is 30.5 Å². The molecule has 0 fully saturated rings. The van der Waals surface area contributed by atoms with Gasteiger partial charge in [0.1, 0.15) is 0 Å². The summed E-state index contributed by atoms with van der Waals surface area (Å²) >= 11 is 0. The Kier molecular flexibility index (Phi) is 3.33. The quantitative estimate of drug-likeness (QED) is 0.764. The van der Waals surface area contributed by atoms with Gasteiger partial charge >= 0.3 is 0 Å². The highest BCUT2D eigenvalue weighted by molar-refractivity contribution is 5.52. The topological polar surface area (TPSA) is 35.8 Å². The highest BCUT2D eigenvalue weighted by Crippen LogP contribution is 2.16. The number of nitriles is 1. The van der Waals surface area contributed by atoms with E-state index in [2.05, 4.69) is 36.5 Å². The van der Waals surface area contributed by atoms with Gasteiger partial charge in [-0.2, -0.15) is 5.26 Å². The van der Waals surface area contributed by atoms with Crippen LogP contribution < -0.4 is 5.32 Å². The van der Waals surface area contributed by atoms with Crippen LogP contribution in [-0.4, -0.2) is 7.05 Å². The molecule has 1 N–H and O–H groups in total. The fraction of sp³-hybridized carbons (Fsp3) is 0.364. The van der Waals surface area contributed by atoms with Crippen molar-refractivity contribution in [3.05, 3.63) is 29.3 Å². The summed E-state index contributed by atoms with van der Waals surface area (Å²) in [5, 5.41) is 11.6. The molecular weight excluding hydrogens is 160 g/mol. The summed E-state index contributed by atoms with van der Waals surface area (Å²) in [6.45, 7) is 2.07. The van der Waals surface area contributed by atoms with E-state index in [0.29, 0.717) is 6.42 Å². The lowest BCUT2D eigenvalue weighted by Crippen LogP contribution is -1.93. The molecule has 0 saturated heterocycles. The first-order valence-electron chi connectivity index (χ1n) is 4.42. The second kappa shape index (κ2) is 4.51. The van der Waals surface area contributed by atoms with E-state index in [9.17, 15) is 0 Å². The molecule has 0 unspecified atom stereocenters. The van der Waals surface area contributed by atoms with Crippen LogP contribution in [0.15, 0.2) is 18.2 Å². The standard InChI is InChI=1S/C11H14N2/c1-9-5-6-10(4-3-7-12)8-11(9)13-2/h5-6,8,13H,3-4H2,1-2H3. The molecule has 0 aliphatic heterocycles. The maximum absolute atomic E-state index is 8.44. The van der Waals surface area contributed by atoms with Crippen LogP contribution in [0.2, 0.25) is 0 Å². The van der Waals surface area contributed by atoms with E-state index in [4.69, 9.17) is 5.26 Å². The van der Waals surface area contributed by atoms with Crippen molar-refractivity contribution in [2.24, 2.45) is 0 Å². The molecule has 0 saturated carbocycles. The minimum atomic E-state index is 0.589. The number of anilines is 1. The van der Waals surface area contributed by atoms with Crippen LogP contribution in [0.3, 0.4) is 0 Å². The Bertz CT molecular complexity index is 323. The summed E-state index contributed by atoms with van der Waals surface area (Å²) in [6, 6.07) is 8.41. The third kappa shape index (κ3) is 2.48. The highest BCUT2D eigenvalue weighted by atomic mass is 14.8. The van der Waals surface area contributed by atoms with Gasteiger partial charge in [-0.15, -0.1) is 0 Å². The largest absolute Gasteiger partial charge is 0.388 e. The summed E-state index contributed by atoms with van der Waals surface area (Å²) < 4.78 is 0. The van der Waals surface area contributed by atoms with Crippen molar-refractivity contribution >= 4 is 5.69 Å². The molecule has 1 rings (SSSR count). The monoisotopic (exact) mass is 174 g/mol. The Balaban J connectivity index is 2.81. The summed E-state index contributed by atoms with van der Waals surface area (Å²) in [5.74, 6) is 0. The van der Waals surface area contributed by atoms with Gasteiger partial charge in [0.2, 0.25) is 0 Å². The van der Waals surface area contributed by atoms with Crippen LogP contribution in [0.1, 0.15) is 17.5 Å². The molecule has 0 aliphatic rings. The third-order valence-electron chi connectivity index (χ3n) is 2.10. The van der Waals surface area contributed by atoms with Gasteiger partial charge < -0.3 is 5.32 Å². The lowest BCUT2D eigenvalue weighted by molar-refractivity contribution is 1.01. The average molecular weight is 174 g/mol. The Hall–Kier alpha value is -1.49. The first kappa shape index (κ1) is 9.60. The van der Waals surface area contributed by atoms with E-state index in [-0.39, 0.29) is 0 Å².